The second-order valence-corrected chi connectivity index (χ2v) is 3.07. The van der Waals surface area contributed by atoms with E-state index in [4.69, 9.17) is 4.74 Å². The monoisotopic (exact) mass is 178 g/mol. The molecular weight excluding hydrogens is 162 g/mol. The highest BCUT2D eigenvalue weighted by atomic mass is 16.5. The van der Waals surface area contributed by atoms with Gasteiger partial charge in [-0.1, -0.05) is 6.42 Å². The number of aromatic nitrogens is 1. The molecule has 0 aromatic carbocycles. The maximum absolute atomic E-state index is 4.73. The third-order valence-corrected chi connectivity index (χ3v) is 2.00. The number of aryl methyl sites for hydroxylation is 1. The number of unbranched alkanes of at least 4 members (excludes halogenated alkanes) is 2. The van der Waals surface area contributed by atoms with E-state index in [1.165, 1.54) is 18.4 Å². The van der Waals surface area contributed by atoms with Gasteiger partial charge in [-0.05, 0) is 37.0 Å². The molecule has 71 valence electrons. The predicted molar refractivity (Wildman–Crippen MR) is 53.1 cm³/mol. The summed E-state index contributed by atoms with van der Waals surface area (Å²) in [5, 5.41) is 0. The van der Waals surface area contributed by atoms with Crippen molar-refractivity contribution in [2.24, 2.45) is 0 Å². The van der Waals surface area contributed by atoms with E-state index in [1.807, 2.05) is 12.4 Å². The molecule has 1 aromatic rings. The van der Waals surface area contributed by atoms with Gasteiger partial charge in [0.05, 0.1) is 7.11 Å². The summed E-state index contributed by atoms with van der Waals surface area (Å²) in [4.78, 5) is 3.97. The second-order valence-electron chi connectivity index (χ2n) is 3.07. The lowest BCUT2D eigenvalue weighted by molar-refractivity contribution is 0.234. The molecule has 1 heterocycles. The predicted octanol–water partition coefficient (Wildman–Crippen LogP) is 2.60. The summed E-state index contributed by atoms with van der Waals surface area (Å²) in [7, 11) is 3.33. The summed E-state index contributed by atoms with van der Waals surface area (Å²) in [6.07, 6.45) is 8.35. The van der Waals surface area contributed by atoms with Gasteiger partial charge in [0.15, 0.2) is 0 Å². The quantitative estimate of drug-likeness (QED) is 0.625. The molecule has 0 aliphatic carbocycles. The Morgan fingerprint density at radius 1 is 1.15 bits per heavy atom. The normalized spacial score (nSPS) is 10.2. The zero-order chi connectivity index (χ0) is 9.36. The number of ether oxygens (including phenoxy) is 1. The van der Waals surface area contributed by atoms with Crippen LogP contribution in [-0.2, 0) is 11.2 Å². The number of nitrogens with zero attached hydrogens (tertiary/aromatic N) is 1. The van der Waals surface area contributed by atoms with Crippen molar-refractivity contribution >= 4 is 0 Å². The molecule has 0 bridgehead atoms. The third-order valence-electron chi connectivity index (χ3n) is 2.00. The molecule has 1 rings (SSSR count). The van der Waals surface area contributed by atoms with Crippen LogP contribution < -0.4 is 0 Å². The molecule has 0 aliphatic heterocycles. The molecule has 2 heteroatoms. The smallest absolute Gasteiger partial charge is 0.0700 e. The van der Waals surface area contributed by atoms with Gasteiger partial charge < -0.3 is 4.74 Å². The highest BCUT2D eigenvalue weighted by Crippen LogP contribution is 2.04. The van der Waals surface area contributed by atoms with Gasteiger partial charge in [-0.2, -0.15) is 0 Å². The van der Waals surface area contributed by atoms with E-state index < -0.39 is 0 Å². The van der Waals surface area contributed by atoms with E-state index in [2.05, 4.69) is 24.2 Å². The van der Waals surface area contributed by atoms with Crippen molar-refractivity contribution in [2.45, 2.75) is 25.7 Å². The van der Waals surface area contributed by atoms with E-state index in [0.29, 0.717) is 0 Å². The van der Waals surface area contributed by atoms with Crippen LogP contribution in [0, 0.1) is 7.11 Å². The minimum Gasteiger partial charge on any atom is -0.379 e. The molecule has 1 radical (unpaired) electrons. The van der Waals surface area contributed by atoms with Crippen LogP contribution in [0.4, 0.5) is 0 Å². The van der Waals surface area contributed by atoms with Crippen LogP contribution in [0.5, 0.6) is 0 Å². The van der Waals surface area contributed by atoms with Gasteiger partial charge in [0.1, 0.15) is 0 Å². The van der Waals surface area contributed by atoms with Gasteiger partial charge in [0.2, 0.25) is 0 Å². The number of hydrogen-bond donors (Lipinski definition) is 0. The Labute approximate surface area is 80.0 Å². The van der Waals surface area contributed by atoms with Gasteiger partial charge in [-0.25, -0.2) is 0 Å². The average molecular weight is 178 g/mol. The van der Waals surface area contributed by atoms with Gasteiger partial charge in [0, 0.05) is 19.0 Å². The highest BCUT2D eigenvalue weighted by molar-refractivity contribution is 5.09. The fourth-order valence-electron chi connectivity index (χ4n) is 1.26. The number of pyridine rings is 1. The average Bonchev–Trinajstić information content (AvgIpc) is 2.19. The van der Waals surface area contributed by atoms with E-state index in [1.54, 1.807) is 0 Å². The largest absolute Gasteiger partial charge is 0.379 e. The van der Waals surface area contributed by atoms with Crippen molar-refractivity contribution < 1.29 is 4.74 Å². The fourth-order valence-corrected chi connectivity index (χ4v) is 1.26. The SMILES string of the molecule is [CH2]OCCCCCc1ccncc1. The van der Waals surface area contributed by atoms with Crippen LogP contribution in [-0.4, -0.2) is 11.6 Å². The fraction of sp³-hybridized carbons (Fsp3) is 0.455. The Bertz CT molecular complexity index is 211. The molecule has 13 heavy (non-hydrogen) atoms. The van der Waals surface area contributed by atoms with E-state index in [9.17, 15) is 0 Å². The molecule has 0 spiro atoms. The van der Waals surface area contributed by atoms with Crippen molar-refractivity contribution in [3.63, 3.8) is 0 Å². The molecule has 0 amide bonds. The standard InChI is InChI=1S/C11H16NO/c1-13-10-4-2-3-5-11-6-8-12-9-7-11/h6-9H,1-5,10H2. The molecule has 0 aliphatic rings. The van der Waals surface area contributed by atoms with Crippen molar-refractivity contribution in [1.29, 1.82) is 0 Å². The van der Waals surface area contributed by atoms with Gasteiger partial charge in [0.25, 0.3) is 0 Å². The lowest BCUT2D eigenvalue weighted by atomic mass is 10.1. The van der Waals surface area contributed by atoms with Crippen LogP contribution >= 0.6 is 0 Å². The van der Waals surface area contributed by atoms with Crippen LogP contribution in [0.15, 0.2) is 24.5 Å². The zero-order valence-corrected chi connectivity index (χ0v) is 7.91. The molecule has 0 saturated heterocycles. The Morgan fingerprint density at radius 2 is 1.92 bits per heavy atom. The molecule has 0 atom stereocenters. The first-order chi connectivity index (χ1) is 6.43. The molecule has 0 unspecified atom stereocenters. The topological polar surface area (TPSA) is 22.1 Å². The van der Waals surface area contributed by atoms with Crippen LogP contribution in [0.1, 0.15) is 24.8 Å². The van der Waals surface area contributed by atoms with E-state index >= 15 is 0 Å². The summed E-state index contributed by atoms with van der Waals surface area (Å²) in [5.74, 6) is 0. The summed E-state index contributed by atoms with van der Waals surface area (Å²) < 4.78 is 4.73. The Morgan fingerprint density at radius 3 is 2.62 bits per heavy atom. The molecular formula is C11H16NO. The Balaban J connectivity index is 2.07. The molecule has 0 saturated carbocycles. The Kier molecular flexibility index (Phi) is 5.18. The van der Waals surface area contributed by atoms with Gasteiger partial charge in [-0.3, -0.25) is 4.98 Å². The number of hydrogen-bond acceptors (Lipinski definition) is 2. The summed E-state index contributed by atoms with van der Waals surface area (Å²) in [6.45, 7) is 0.774. The minimum atomic E-state index is 0.774. The Hall–Kier alpha value is -0.890. The van der Waals surface area contributed by atoms with Gasteiger partial charge in [-0.15, -0.1) is 0 Å². The molecule has 2 nitrogen and oxygen atoms in total. The zero-order valence-electron chi connectivity index (χ0n) is 7.91. The van der Waals surface area contributed by atoms with Crippen LogP contribution in [0.2, 0.25) is 0 Å². The van der Waals surface area contributed by atoms with Gasteiger partial charge >= 0.3 is 0 Å². The maximum atomic E-state index is 4.73. The maximum Gasteiger partial charge on any atom is 0.0700 e. The van der Waals surface area contributed by atoms with E-state index in [0.717, 1.165) is 19.4 Å². The van der Waals surface area contributed by atoms with Crippen molar-refractivity contribution in [3.05, 3.63) is 37.2 Å². The first-order valence-corrected chi connectivity index (χ1v) is 4.69. The summed E-state index contributed by atoms with van der Waals surface area (Å²) in [6, 6.07) is 4.13. The molecule has 1 aromatic heterocycles. The van der Waals surface area contributed by atoms with Crippen molar-refractivity contribution in [2.75, 3.05) is 6.61 Å². The van der Waals surface area contributed by atoms with E-state index in [-0.39, 0.29) is 0 Å². The summed E-state index contributed by atoms with van der Waals surface area (Å²) >= 11 is 0. The van der Waals surface area contributed by atoms with Crippen molar-refractivity contribution in [1.82, 2.24) is 4.98 Å². The lowest BCUT2D eigenvalue weighted by Crippen LogP contribution is -1.89. The van der Waals surface area contributed by atoms with Crippen LogP contribution in [0.25, 0.3) is 0 Å². The third kappa shape index (κ3) is 4.63. The first kappa shape index (κ1) is 10.2. The molecule has 0 N–H and O–H groups in total. The molecule has 0 fully saturated rings. The number of rotatable bonds is 6. The highest BCUT2D eigenvalue weighted by Gasteiger charge is 1.92. The van der Waals surface area contributed by atoms with Crippen molar-refractivity contribution in [3.8, 4) is 0 Å². The minimum absolute atomic E-state index is 0.774. The summed E-state index contributed by atoms with van der Waals surface area (Å²) in [5.41, 5.74) is 1.37. The lowest BCUT2D eigenvalue weighted by Gasteiger charge is -2.00. The first-order valence-electron chi connectivity index (χ1n) is 4.69. The second kappa shape index (κ2) is 6.61. The van der Waals surface area contributed by atoms with Crippen LogP contribution in [0.3, 0.4) is 0 Å².